The zero-order chi connectivity index (χ0) is 18.9. The van der Waals surface area contributed by atoms with Gasteiger partial charge in [-0.1, -0.05) is 30.7 Å². The van der Waals surface area contributed by atoms with E-state index in [1.54, 1.807) is 29.2 Å². The minimum Gasteiger partial charge on any atom is -0.481 e. The van der Waals surface area contributed by atoms with Crippen LogP contribution in [0.25, 0.3) is 0 Å². The Morgan fingerprint density at radius 1 is 1.31 bits per heavy atom. The van der Waals surface area contributed by atoms with E-state index in [1.165, 1.54) is 7.11 Å². The maximum atomic E-state index is 13.0. The standard InChI is InChI=1S/C20H22N2O4/c1-4-10-22-16-9-8-13(2)11-14(16)20(25,19(22)24)12-17(23)15-6-5-7-18(21-15)26-3/h5-9,11,25H,4,10,12H2,1-3H3. The summed E-state index contributed by atoms with van der Waals surface area (Å²) in [6, 6.07) is 10.3. The number of hydrogen-bond acceptors (Lipinski definition) is 5. The van der Waals surface area contributed by atoms with Crippen molar-refractivity contribution in [2.75, 3.05) is 18.6 Å². The number of hydrogen-bond donors (Lipinski definition) is 1. The Labute approximate surface area is 152 Å². The van der Waals surface area contributed by atoms with Crippen molar-refractivity contribution in [3.63, 3.8) is 0 Å². The fraction of sp³-hybridized carbons (Fsp3) is 0.350. The van der Waals surface area contributed by atoms with Crippen molar-refractivity contribution in [3.05, 3.63) is 53.2 Å². The zero-order valence-corrected chi connectivity index (χ0v) is 15.2. The van der Waals surface area contributed by atoms with E-state index in [0.29, 0.717) is 23.7 Å². The average molecular weight is 354 g/mol. The third kappa shape index (κ3) is 2.97. The largest absolute Gasteiger partial charge is 0.481 e. The molecule has 136 valence electrons. The second-order valence-electron chi connectivity index (χ2n) is 6.50. The lowest BCUT2D eigenvalue weighted by Gasteiger charge is -2.22. The summed E-state index contributed by atoms with van der Waals surface area (Å²) in [4.78, 5) is 31.4. The van der Waals surface area contributed by atoms with Gasteiger partial charge in [0.2, 0.25) is 5.88 Å². The van der Waals surface area contributed by atoms with Crippen LogP contribution in [0.5, 0.6) is 5.88 Å². The molecule has 0 radical (unpaired) electrons. The fourth-order valence-electron chi connectivity index (χ4n) is 3.29. The van der Waals surface area contributed by atoms with Crippen LogP contribution >= 0.6 is 0 Å². The first-order valence-corrected chi connectivity index (χ1v) is 8.60. The second kappa shape index (κ2) is 6.88. The van der Waals surface area contributed by atoms with E-state index in [-0.39, 0.29) is 12.1 Å². The number of aliphatic hydroxyl groups is 1. The third-order valence-electron chi connectivity index (χ3n) is 4.57. The van der Waals surface area contributed by atoms with Crippen LogP contribution in [0.15, 0.2) is 36.4 Å². The minimum absolute atomic E-state index is 0.161. The molecule has 26 heavy (non-hydrogen) atoms. The van der Waals surface area contributed by atoms with Gasteiger partial charge in [-0.15, -0.1) is 0 Å². The molecular weight excluding hydrogens is 332 g/mol. The molecule has 6 heteroatoms. The van der Waals surface area contributed by atoms with E-state index in [0.717, 1.165) is 12.0 Å². The zero-order valence-electron chi connectivity index (χ0n) is 15.2. The molecule has 0 saturated heterocycles. The Morgan fingerprint density at radius 2 is 2.08 bits per heavy atom. The van der Waals surface area contributed by atoms with Gasteiger partial charge in [0.25, 0.3) is 5.91 Å². The second-order valence-corrected chi connectivity index (χ2v) is 6.50. The average Bonchev–Trinajstić information content (AvgIpc) is 2.84. The van der Waals surface area contributed by atoms with Crippen LogP contribution < -0.4 is 9.64 Å². The lowest BCUT2D eigenvalue weighted by atomic mass is 9.88. The summed E-state index contributed by atoms with van der Waals surface area (Å²) in [6.45, 7) is 4.34. The van der Waals surface area contributed by atoms with E-state index in [4.69, 9.17) is 4.74 Å². The molecule has 0 fully saturated rings. The first kappa shape index (κ1) is 18.1. The Balaban J connectivity index is 1.99. The predicted molar refractivity (Wildman–Crippen MR) is 97.5 cm³/mol. The van der Waals surface area contributed by atoms with Crippen LogP contribution in [0.4, 0.5) is 5.69 Å². The van der Waals surface area contributed by atoms with Crippen LogP contribution in [0, 0.1) is 6.92 Å². The molecule has 0 bridgehead atoms. The predicted octanol–water partition coefficient (Wildman–Crippen LogP) is 2.62. The SMILES string of the molecule is CCCN1C(=O)C(O)(CC(=O)c2cccc(OC)n2)c2cc(C)ccc21. The van der Waals surface area contributed by atoms with Crippen molar-refractivity contribution in [1.29, 1.82) is 0 Å². The molecule has 1 aromatic heterocycles. The molecule has 6 nitrogen and oxygen atoms in total. The van der Waals surface area contributed by atoms with Crippen LogP contribution in [0.2, 0.25) is 0 Å². The lowest BCUT2D eigenvalue weighted by molar-refractivity contribution is -0.135. The van der Waals surface area contributed by atoms with Gasteiger partial charge in [0.15, 0.2) is 11.4 Å². The topological polar surface area (TPSA) is 79.7 Å². The molecule has 2 heterocycles. The molecule has 1 unspecified atom stereocenters. The maximum absolute atomic E-state index is 13.0. The number of ketones is 1. The van der Waals surface area contributed by atoms with E-state index < -0.39 is 17.3 Å². The van der Waals surface area contributed by atoms with Crippen molar-refractivity contribution in [3.8, 4) is 5.88 Å². The highest BCUT2D eigenvalue weighted by Gasteiger charge is 2.50. The number of nitrogens with zero attached hydrogens (tertiary/aromatic N) is 2. The van der Waals surface area contributed by atoms with Gasteiger partial charge in [-0.05, 0) is 25.5 Å². The summed E-state index contributed by atoms with van der Waals surface area (Å²) >= 11 is 0. The van der Waals surface area contributed by atoms with Crippen molar-refractivity contribution < 1.29 is 19.4 Å². The minimum atomic E-state index is -1.88. The number of aryl methyl sites for hydroxylation is 1. The van der Waals surface area contributed by atoms with Crippen molar-refractivity contribution in [2.45, 2.75) is 32.3 Å². The van der Waals surface area contributed by atoms with Gasteiger partial charge < -0.3 is 14.7 Å². The monoisotopic (exact) mass is 354 g/mol. The number of amides is 1. The number of anilines is 1. The molecule has 1 N–H and O–H groups in total. The van der Waals surface area contributed by atoms with Gasteiger partial charge in [-0.25, -0.2) is 4.98 Å². The van der Waals surface area contributed by atoms with Gasteiger partial charge >= 0.3 is 0 Å². The number of fused-ring (bicyclic) bond motifs is 1. The van der Waals surface area contributed by atoms with E-state index in [9.17, 15) is 14.7 Å². The molecule has 2 aromatic rings. The Hall–Kier alpha value is -2.73. The smallest absolute Gasteiger partial charge is 0.264 e. The Bertz CT molecular complexity index is 865. The summed E-state index contributed by atoms with van der Waals surface area (Å²) in [5.41, 5.74) is 0.343. The summed E-state index contributed by atoms with van der Waals surface area (Å²) in [6.07, 6.45) is 0.392. The van der Waals surface area contributed by atoms with Crippen molar-refractivity contribution >= 4 is 17.4 Å². The Morgan fingerprint density at radius 3 is 2.77 bits per heavy atom. The molecule has 3 rings (SSSR count). The van der Waals surface area contributed by atoms with Gasteiger partial charge in [0, 0.05) is 18.2 Å². The first-order chi connectivity index (χ1) is 12.4. The van der Waals surface area contributed by atoms with Crippen LogP contribution in [-0.4, -0.2) is 35.4 Å². The first-order valence-electron chi connectivity index (χ1n) is 8.60. The number of methoxy groups -OCH3 is 1. The number of Topliss-reactive ketones (excluding diaryl/α,β-unsaturated/α-hetero) is 1. The third-order valence-corrected chi connectivity index (χ3v) is 4.57. The molecular formula is C20H22N2O4. The highest BCUT2D eigenvalue weighted by Crippen LogP contribution is 2.43. The van der Waals surface area contributed by atoms with Gasteiger partial charge in [-0.3, -0.25) is 9.59 Å². The van der Waals surface area contributed by atoms with Gasteiger partial charge in [0.05, 0.1) is 19.2 Å². The number of carbonyl (C=O) groups excluding carboxylic acids is 2. The lowest BCUT2D eigenvalue weighted by Crippen LogP contribution is -2.42. The van der Waals surface area contributed by atoms with E-state index in [2.05, 4.69) is 4.98 Å². The summed E-state index contributed by atoms with van der Waals surface area (Å²) in [7, 11) is 1.46. The summed E-state index contributed by atoms with van der Waals surface area (Å²) in [5.74, 6) is -0.564. The van der Waals surface area contributed by atoms with Gasteiger partial charge in [-0.2, -0.15) is 0 Å². The Kier molecular flexibility index (Phi) is 4.78. The van der Waals surface area contributed by atoms with E-state index >= 15 is 0 Å². The highest BCUT2D eigenvalue weighted by molar-refractivity contribution is 6.10. The number of carbonyl (C=O) groups is 2. The fourth-order valence-corrected chi connectivity index (χ4v) is 3.29. The molecule has 1 aromatic carbocycles. The van der Waals surface area contributed by atoms with E-state index in [1.807, 2.05) is 26.0 Å². The van der Waals surface area contributed by atoms with Gasteiger partial charge in [0.1, 0.15) is 5.69 Å². The molecule has 1 aliphatic rings. The number of rotatable bonds is 6. The molecule has 1 aliphatic heterocycles. The number of aromatic nitrogens is 1. The molecule has 0 spiro atoms. The van der Waals surface area contributed by atoms with Crippen LogP contribution in [0.3, 0.4) is 0 Å². The van der Waals surface area contributed by atoms with Crippen LogP contribution in [-0.2, 0) is 10.4 Å². The summed E-state index contributed by atoms with van der Waals surface area (Å²) in [5, 5.41) is 11.2. The molecule has 1 amide bonds. The van der Waals surface area contributed by atoms with Crippen LogP contribution in [0.1, 0.15) is 41.4 Å². The number of benzene rings is 1. The maximum Gasteiger partial charge on any atom is 0.264 e. The normalized spacial score (nSPS) is 18.8. The number of ether oxygens (including phenoxy) is 1. The molecule has 0 saturated carbocycles. The van der Waals surface area contributed by atoms with Crippen molar-refractivity contribution in [2.24, 2.45) is 0 Å². The highest BCUT2D eigenvalue weighted by atomic mass is 16.5. The summed E-state index contributed by atoms with van der Waals surface area (Å²) < 4.78 is 5.04. The molecule has 0 aliphatic carbocycles. The number of pyridine rings is 1. The van der Waals surface area contributed by atoms with Crippen molar-refractivity contribution in [1.82, 2.24) is 4.98 Å². The molecule has 1 atom stereocenters. The quantitative estimate of drug-likeness (QED) is 0.807.